The number of hydrogen-bond donors (Lipinski definition) is 2. The number of anilines is 1. The van der Waals surface area contributed by atoms with Crippen LogP contribution in [0, 0.1) is 0 Å². The summed E-state index contributed by atoms with van der Waals surface area (Å²) in [5.74, 6) is 0.574. The number of benzene rings is 1. The first-order valence-corrected chi connectivity index (χ1v) is 8.92. The van der Waals surface area contributed by atoms with Gasteiger partial charge in [-0.05, 0) is 47.6 Å². The van der Waals surface area contributed by atoms with Crippen LogP contribution in [0.4, 0.5) is 5.69 Å². The fraction of sp³-hybridized carbons (Fsp3) is 0.538. The van der Waals surface area contributed by atoms with Gasteiger partial charge in [-0.2, -0.15) is 12.7 Å². The minimum Gasteiger partial charge on any atom is -0.495 e. The van der Waals surface area contributed by atoms with Gasteiger partial charge in [0.1, 0.15) is 5.75 Å². The Hall–Kier alpha value is -0.830. The van der Waals surface area contributed by atoms with Crippen LogP contribution in [-0.4, -0.2) is 46.5 Å². The first kappa shape index (κ1) is 18.2. The highest BCUT2D eigenvalue weighted by Crippen LogP contribution is 2.28. The predicted octanol–water partition coefficient (Wildman–Crippen LogP) is 2.05. The largest absolute Gasteiger partial charge is 0.495 e. The summed E-state index contributed by atoms with van der Waals surface area (Å²) in [6.45, 7) is 4.15. The fourth-order valence-corrected chi connectivity index (χ4v) is 3.03. The standard InChI is InChI=1S/C13H22BrN3O3S/c1-4-15-8-5-9-17(2)21(18,19)16-11-6-7-12(14)13(10-11)20-3/h6-7,10,15-16H,4-5,8-9H2,1-3H3. The molecule has 0 atom stereocenters. The maximum atomic E-state index is 12.2. The van der Waals surface area contributed by atoms with Crippen molar-refractivity contribution in [3.63, 3.8) is 0 Å². The van der Waals surface area contributed by atoms with E-state index < -0.39 is 10.2 Å². The molecule has 0 aliphatic carbocycles. The molecule has 1 aromatic carbocycles. The number of halogens is 1. The van der Waals surface area contributed by atoms with Crippen molar-refractivity contribution in [3.05, 3.63) is 22.7 Å². The Morgan fingerprint density at radius 3 is 2.71 bits per heavy atom. The van der Waals surface area contributed by atoms with Crippen LogP contribution < -0.4 is 14.8 Å². The summed E-state index contributed by atoms with van der Waals surface area (Å²) >= 11 is 3.33. The summed E-state index contributed by atoms with van der Waals surface area (Å²) in [5.41, 5.74) is 0.466. The van der Waals surface area contributed by atoms with E-state index in [2.05, 4.69) is 26.0 Å². The van der Waals surface area contributed by atoms with Gasteiger partial charge in [0, 0.05) is 19.7 Å². The second kappa shape index (κ2) is 8.57. The third-order valence-electron chi connectivity index (χ3n) is 2.88. The van der Waals surface area contributed by atoms with Gasteiger partial charge >= 0.3 is 10.2 Å². The Labute approximate surface area is 135 Å². The Morgan fingerprint density at radius 1 is 1.38 bits per heavy atom. The zero-order valence-corrected chi connectivity index (χ0v) is 14.9. The number of methoxy groups -OCH3 is 1. The van der Waals surface area contributed by atoms with E-state index in [4.69, 9.17) is 4.74 Å². The summed E-state index contributed by atoms with van der Waals surface area (Å²) in [6, 6.07) is 5.05. The van der Waals surface area contributed by atoms with E-state index in [1.54, 1.807) is 25.2 Å². The van der Waals surface area contributed by atoms with Crippen molar-refractivity contribution in [1.29, 1.82) is 0 Å². The van der Waals surface area contributed by atoms with Crippen LogP contribution in [0.15, 0.2) is 22.7 Å². The molecule has 0 fully saturated rings. The highest BCUT2D eigenvalue weighted by atomic mass is 79.9. The lowest BCUT2D eigenvalue weighted by molar-refractivity contribution is 0.412. The zero-order valence-electron chi connectivity index (χ0n) is 12.5. The average molecular weight is 380 g/mol. The molecule has 0 aliphatic rings. The molecule has 8 heteroatoms. The molecule has 0 spiro atoms. The highest BCUT2D eigenvalue weighted by molar-refractivity contribution is 9.10. The van der Waals surface area contributed by atoms with E-state index >= 15 is 0 Å². The normalized spacial score (nSPS) is 11.7. The molecule has 0 amide bonds. The monoisotopic (exact) mass is 379 g/mol. The molecule has 1 rings (SSSR count). The lowest BCUT2D eigenvalue weighted by atomic mass is 10.3. The molecule has 0 saturated heterocycles. The van der Waals surface area contributed by atoms with Gasteiger partial charge in [0.25, 0.3) is 0 Å². The molecule has 0 unspecified atom stereocenters. The van der Waals surface area contributed by atoms with Gasteiger partial charge in [-0.1, -0.05) is 6.92 Å². The molecule has 0 radical (unpaired) electrons. The molecular weight excluding hydrogens is 358 g/mol. The van der Waals surface area contributed by atoms with Gasteiger partial charge < -0.3 is 10.1 Å². The molecule has 0 aliphatic heterocycles. The van der Waals surface area contributed by atoms with Crippen LogP contribution in [-0.2, 0) is 10.2 Å². The third kappa shape index (κ3) is 5.82. The van der Waals surface area contributed by atoms with Gasteiger partial charge in [-0.3, -0.25) is 4.72 Å². The molecule has 0 saturated carbocycles. The number of rotatable bonds is 9. The maximum Gasteiger partial charge on any atom is 0.301 e. The maximum absolute atomic E-state index is 12.2. The number of nitrogens with one attached hydrogen (secondary N) is 2. The third-order valence-corrected chi connectivity index (χ3v) is 5.04. The van der Waals surface area contributed by atoms with Crippen molar-refractivity contribution >= 4 is 31.8 Å². The summed E-state index contributed by atoms with van der Waals surface area (Å²) in [4.78, 5) is 0. The molecule has 6 nitrogen and oxygen atoms in total. The van der Waals surface area contributed by atoms with Gasteiger partial charge in [0.2, 0.25) is 0 Å². The summed E-state index contributed by atoms with van der Waals surface area (Å²) in [5, 5.41) is 3.16. The van der Waals surface area contributed by atoms with E-state index in [1.165, 1.54) is 11.4 Å². The molecular formula is C13H22BrN3O3S. The second-order valence-corrected chi connectivity index (χ2v) is 7.12. The first-order valence-electron chi connectivity index (χ1n) is 6.69. The van der Waals surface area contributed by atoms with Crippen molar-refractivity contribution in [2.75, 3.05) is 38.5 Å². The minimum absolute atomic E-state index is 0.454. The zero-order chi connectivity index (χ0) is 15.9. The molecule has 2 N–H and O–H groups in total. The molecule has 21 heavy (non-hydrogen) atoms. The lowest BCUT2D eigenvalue weighted by Crippen LogP contribution is -2.34. The SMILES string of the molecule is CCNCCCN(C)S(=O)(=O)Nc1ccc(Br)c(OC)c1. The van der Waals surface area contributed by atoms with E-state index in [0.717, 1.165) is 24.0 Å². The number of nitrogens with zero attached hydrogens (tertiary/aromatic N) is 1. The Kier molecular flexibility index (Phi) is 7.44. The minimum atomic E-state index is -3.55. The van der Waals surface area contributed by atoms with Gasteiger partial charge in [-0.25, -0.2) is 0 Å². The second-order valence-electron chi connectivity index (χ2n) is 4.49. The van der Waals surface area contributed by atoms with Crippen LogP contribution in [0.3, 0.4) is 0 Å². The van der Waals surface area contributed by atoms with Crippen molar-refractivity contribution in [2.24, 2.45) is 0 Å². The van der Waals surface area contributed by atoms with Crippen LogP contribution in [0.1, 0.15) is 13.3 Å². The summed E-state index contributed by atoms with van der Waals surface area (Å²) in [7, 11) is -0.461. The van der Waals surface area contributed by atoms with Crippen molar-refractivity contribution in [2.45, 2.75) is 13.3 Å². The van der Waals surface area contributed by atoms with Crippen molar-refractivity contribution < 1.29 is 13.2 Å². The van der Waals surface area contributed by atoms with Crippen LogP contribution >= 0.6 is 15.9 Å². The van der Waals surface area contributed by atoms with E-state index in [1.807, 2.05) is 6.92 Å². The smallest absolute Gasteiger partial charge is 0.301 e. The van der Waals surface area contributed by atoms with Gasteiger partial charge in [0.15, 0.2) is 0 Å². The Morgan fingerprint density at radius 2 is 2.10 bits per heavy atom. The highest BCUT2D eigenvalue weighted by Gasteiger charge is 2.17. The predicted molar refractivity (Wildman–Crippen MR) is 89.0 cm³/mol. The fourth-order valence-electron chi connectivity index (χ4n) is 1.67. The first-order chi connectivity index (χ1) is 9.90. The molecule has 1 aromatic rings. The quantitative estimate of drug-likeness (QED) is 0.644. The van der Waals surface area contributed by atoms with Crippen LogP contribution in [0.25, 0.3) is 0 Å². The van der Waals surface area contributed by atoms with Gasteiger partial charge in [-0.15, -0.1) is 0 Å². The van der Waals surface area contributed by atoms with Crippen molar-refractivity contribution in [1.82, 2.24) is 9.62 Å². The lowest BCUT2D eigenvalue weighted by Gasteiger charge is -2.18. The topological polar surface area (TPSA) is 70.7 Å². The van der Waals surface area contributed by atoms with E-state index in [9.17, 15) is 8.42 Å². The molecule has 0 heterocycles. The molecule has 120 valence electrons. The molecule has 0 bridgehead atoms. The summed E-state index contributed by atoms with van der Waals surface area (Å²) < 4.78 is 34.1. The van der Waals surface area contributed by atoms with Crippen LogP contribution in [0.5, 0.6) is 5.75 Å². The number of ether oxygens (including phenoxy) is 1. The average Bonchev–Trinajstić information content (AvgIpc) is 2.45. The Balaban J connectivity index is 2.66. The Bertz CT molecular complexity index is 552. The number of hydrogen-bond acceptors (Lipinski definition) is 4. The molecule has 0 aromatic heterocycles. The van der Waals surface area contributed by atoms with E-state index in [-0.39, 0.29) is 0 Å². The van der Waals surface area contributed by atoms with Gasteiger partial charge in [0.05, 0.1) is 17.3 Å². The summed E-state index contributed by atoms with van der Waals surface area (Å²) in [6.07, 6.45) is 0.759. The van der Waals surface area contributed by atoms with Crippen LogP contribution in [0.2, 0.25) is 0 Å². The van der Waals surface area contributed by atoms with Crippen molar-refractivity contribution in [3.8, 4) is 5.75 Å². The van der Waals surface area contributed by atoms with E-state index in [0.29, 0.717) is 18.0 Å².